The van der Waals surface area contributed by atoms with Gasteiger partial charge in [0, 0.05) is 18.8 Å². The number of aromatic nitrogens is 2. The van der Waals surface area contributed by atoms with Crippen molar-refractivity contribution in [2.75, 3.05) is 42.3 Å². The van der Waals surface area contributed by atoms with E-state index in [1.807, 2.05) is 0 Å². The van der Waals surface area contributed by atoms with Gasteiger partial charge in [0.1, 0.15) is 12.0 Å². The van der Waals surface area contributed by atoms with Crippen LogP contribution in [0.2, 0.25) is 0 Å². The Morgan fingerprint density at radius 1 is 1.22 bits per heavy atom. The summed E-state index contributed by atoms with van der Waals surface area (Å²) in [5, 5.41) is 12.0. The first-order valence-electron chi connectivity index (χ1n) is 7.18. The first-order valence-corrected chi connectivity index (χ1v) is 7.18. The minimum Gasteiger partial charge on any atom is -0.478 e. The van der Waals surface area contributed by atoms with Gasteiger partial charge in [-0.05, 0) is 24.3 Å². The molecule has 8 nitrogen and oxygen atoms in total. The molecule has 0 atom stereocenters. The number of ether oxygens (including phenoxy) is 1. The average Bonchev–Trinajstić information content (AvgIpc) is 2.58. The summed E-state index contributed by atoms with van der Waals surface area (Å²) in [4.78, 5) is 21.3. The minimum atomic E-state index is -0.965. The number of carboxylic acids is 1. The monoisotopic (exact) mass is 315 g/mol. The SMILES string of the molecule is Nc1c(Nc2ccc(C(=O)O)cc2)ncnc1N1CCOCC1. The fraction of sp³-hybridized carbons (Fsp3) is 0.267. The molecule has 0 amide bonds. The van der Waals surface area contributed by atoms with Gasteiger partial charge in [0.15, 0.2) is 11.6 Å². The third-order valence-electron chi connectivity index (χ3n) is 3.57. The highest BCUT2D eigenvalue weighted by Gasteiger charge is 2.17. The van der Waals surface area contributed by atoms with E-state index in [0.717, 1.165) is 13.1 Å². The van der Waals surface area contributed by atoms with Gasteiger partial charge in [-0.15, -0.1) is 0 Å². The summed E-state index contributed by atoms with van der Waals surface area (Å²) in [5.74, 6) is 0.199. The third kappa shape index (κ3) is 3.32. The van der Waals surface area contributed by atoms with Crippen molar-refractivity contribution in [3.05, 3.63) is 36.2 Å². The maximum absolute atomic E-state index is 10.9. The van der Waals surface area contributed by atoms with Gasteiger partial charge in [-0.2, -0.15) is 0 Å². The molecule has 1 saturated heterocycles. The Hall–Kier alpha value is -2.87. The van der Waals surface area contributed by atoms with Crippen molar-refractivity contribution in [2.24, 2.45) is 0 Å². The van der Waals surface area contributed by atoms with Gasteiger partial charge < -0.3 is 25.8 Å². The van der Waals surface area contributed by atoms with Crippen LogP contribution in [0, 0.1) is 0 Å². The Morgan fingerprint density at radius 3 is 2.57 bits per heavy atom. The molecule has 0 radical (unpaired) electrons. The molecule has 1 fully saturated rings. The molecule has 1 aliphatic rings. The van der Waals surface area contributed by atoms with Crippen LogP contribution in [0.15, 0.2) is 30.6 Å². The number of nitrogens with one attached hydrogen (secondary N) is 1. The molecule has 0 bridgehead atoms. The lowest BCUT2D eigenvalue weighted by molar-refractivity contribution is 0.0697. The van der Waals surface area contributed by atoms with E-state index in [-0.39, 0.29) is 5.56 Å². The molecule has 2 heterocycles. The molecule has 0 spiro atoms. The van der Waals surface area contributed by atoms with Crippen molar-refractivity contribution in [3.8, 4) is 0 Å². The lowest BCUT2D eigenvalue weighted by Crippen LogP contribution is -2.37. The van der Waals surface area contributed by atoms with Crippen LogP contribution < -0.4 is 16.0 Å². The zero-order chi connectivity index (χ0) is 16.2. The summed E-state index contributed by atoms with van der Waals surface area (Å²) in [7, 11) is 0. The normalized spacial score (nSPS) is 14.5. The molecule has 0 aliphatic carbocycles. The number of hydrogen-bond donors (Lipinski definition) is 3. The van der Waals surface area contributed by atoms with Gasteiger partial charge in [0.25, 0.3) is 0 Å². The van der Waals surface area contributed by atoms with Crippen molar-refractivity contribution in [3.63, 3.8) is 0 Å². The molecule has 0 unspecified atom stereocenters. The highest BCUT2D eigenvalue weighted by atomic mass is 16.5. The fourth-order valence-electron chi connectivity index (χ4n) is 2.35. The molecule has 120 valence electrons. The predicted octanol–water partition coefficient (Wildman–Crippen LogP) is 1.34. The fourth-order valence-corrected chi connectivity index (χ4v) is 2.35. The van der Waals surface area contributed by atoms with E-state index < -0.39 is 5.97 Å². The molecule has 1 aromatic heterocycles. The van der Waals surface area contributed by atoms with E-state index >= 15 is 0 Å². The highest BCUT2D eigenvalue weighted by Crippen LogP contribution is 2.28. The van der Waals surface area contributed by atoms with E-state index in [4.69, 9.17) is 15.6 Å². The number of nitrogen functional groups attached to an aromatic ring is 1. The number of nitrogens with zero attached hydrogens (tertiary/aromatic N) is 3. The summed E-state index contributed by atoms with van der Waals surface area (Å²) in [5.41, 5.74) is 7.56. The summed E-state index contributed by atoms with van der Waals surface area (Å²) in [6.45, 7) is 2.74. The van der Waals surface area contributed by atoms with Crippen LogP contribution in [0.25, 0.3) is 0 Å². The quantitative estimate of drug-likeness (QED) is 0.774. The van der Waals surface area contributed by atoms with Crippen LogP contribution in [0.4, 0.5) is 23.0 Å². The summed E-state index contributed by atoms with van der Waals surface area (Å²) in [6.07, 6.45) is 1.45. The highest BCUT2D eigenvalue weighted by molar-refractivity contribution is 5.88. The van der Waals surface area contributed by atoms with Crippen molar-refractivity contribution in [1.82, 2.24) is 9.97 Å². The van der Waals surface area contributed by atoms with Crippen molar-refractivity contribution in [1.29, 1.82) is 0 Å². The molecule has 8 heteroatoms. The smallest absolute Gasteiger partial charge is 0.335 e. The molecule has 3 rings (SSSR count). The van der Waals surface area contributed by atoms with Crippen LogP contribution in [0.5, 0.6) is 0 Å². The molecular weight excluding hydrogens is 298 g/mol. The zero-order valence-electron chi connectivity index (χ0n) is 12.4. The average molecular weight is 315 g/mol. The van der Waals surface area contributed by atoms with Crippen LogP contribution in [0.3, 0.4) is 0 Å². The molecule has 23 heavy (non-hydrogen) atoms. The minimum absolute atomic E-state index is 0.222. The lowest BCUT2D eigenvalue weighted by atomic mass is 10.2. The number of benzene rings is 1. The van der Waals surface area contributed by atoms with Gasteiger partial charge in [-0.25, -0.2) is 14.8 Å². The van der Waals surface area contributed by atoms with Crippen molar-refractivity contribution < 1.29 is 14.6 Å². The lowest BCUT2D eigenvalue weighted by Gasteiger charge is -2.28. The number of hydrogen-bond acceptors (Lipinski definition) is 7. The van der Waals surface area contributed by atoms with E-state index in [0.29, 0.717) is 36.2 Å². The first kappa shape index (κ1) is 15.0. The van der Waals surface area contributed by atoms with Crippen LogP contribution >= 0.6 is 0 Å². The van der Waals surface area contributed by atoms with Crippen molar-refractivity contribution >= 4 is 29.0 Å². The Labute approximate surface area is 132 Å². The standard InChI is InChI=1S/C15H17N5O3/c16-12-13(19-11-3-1-10(2-4-11)15(21)22)17-9-18-14(12)20-5-7-23-8-6-20/h1-4,9H,5-8,16H2,(H,21,22)(H,17,18,19). The third-order valence-corrected chi connectivity index (χ3v) is 3.57. The first-order chi connectivity index (χ1) is 11.1. The molecule has 1 aromatic carbocycles. The van der Waals surface area contributed by atoms with Gasteiger partial charge >= 0.3 is 5.97 Å². The van der Waals surface area contributed by atoms with Gasteiger partial charge in [0.05, 0.1) is 18.8 Å². The van der Waals surface area contributed by atoms with Gasteiger partial charge in [-0.3, -0.25) is 0 Å². The van der Waals surface area contributed by atoms with E-state index in [2.05, 4.69) is 20.2 Å². The molecule has 4 N–H and O–H groups in total. The van der Waals surface area contributed by atoms with Crippen LogP contribution in [-0.2, 0) is 4.74 Å². The molecule has 1 aliphatic heterocycles. The van der Waals surface area contributed by atoms with E-state index in [9.17, 15) is 4.79 Å². The number of morpholine rings is 1. The number of aromatic carboxylic acids is 1. The second kappa shape index (κ2) is 6.49. The van der Waals surface area contributed by atoms with Gasteiger partial charge in [0.2, 0.25) is 0 Å². The number of anilines is 4. The van der Waals surface area contributed by atoms with E-state index in [1.54, 1.807) is 12.1 Å². The van der Waals surface area contributed by atoms with Crippen molar-refractivity contribution in [2.45, 2.75) is 0 Å². The van der Waals surface area contributed by atoms with Gasteiger partial charge in [-0.1, -0.05) is 0 Å². The Bertz CT molecular complexity index is 699. The maximum atomic E-state index is 10.9. The number of rotatable bonds is 4. The topological polar surface area (TPSA) is 114 Å². The molecular formula is C15H17N5O3. The number of nitrogens with two attached hydrogens (primary N) is 1. The Kier molecular flexibility index (Phi) is 4.24. The number of carbonyl (C=O) groups is 1. The summed E-state index contributed by atoms with van der Waals surface area (Å²) >= 11 is 0. The largest absolute Gasteiger partial charge is 0.478 e. The Balaban J connectivity index is 1.81. The maximum Gasteiger partial charge on any atom is 0.335 e. The van der Waals surface area contributed by atoms with E-state index in [1.165, 1.54) is 18.5 Å². The van der Waals surface area contributed by atoms with Crippen LogP contribution in [0.1, 0.15) is 10.4 Å². The second-order valence-corrected chi connectivity index (χ2v) is 5.07. The number of carboxylic acid groups (broad SMARTS) is 1. The molecule has 0 saturated carbocycles. The predicted molar refractivity (Wildman–Crippen MR) is 86.2 cm³/mol. The summed E-state index contributed by atoms with van der Waals surface area (Å²) in [6, 6.07) is 6.37. The zero-order valence-corrected chi connectivity index (χ0v) is 12.4. The Morgan fingerprint density at radius 2 is 1.91 bits per heavy atom. The second-order valence-electron chi connectivity index (χ2n) is 5.07. The summed E-state index contributed by atoms with van der Waals surface area (Å²) < 4.78 is 5.33. The molecule has 2 aromatic rings. The van der Waals surface area contributed by atoms with Crippen LogP contribution in [-0.4, -0.2) is 47.3 Å².